The Balaban J connectivity index is 1.58. The van der Waals surface area contributed by atoms with E-state index in [2.05, 4.69) is 10.6 Å². The molecule has 0 spiro atoms. The number of halogens is 2. The first-order chi connectivity index (χ1) is 19.1. The van der Waals surface area contributed by atoms with Crippen LogP contribution < -0.4 is 15.4 Å². The molecule has 2 amide bonds. The number of carbonyl (C=O) groups is 2. The molecular weight excluding hydrogens is 545 g/mol. The summed E-state index contributed by atoms with van der Waals surface area (Å²) in [5.74, 6) is 0.236. The molecule has 0 saturated heterocycles. The third kappa shape index (κ3) is 9.44. The number of para-hydroxylation sites is 1. The third-order valence-corrected chi connectivity index (χ3v) is 6.80. The Kier molecular flexibility index (Phi) is 11.2. The Bertz CT molecular complexity index is 1270. The minimum Gasteiger partial charge on any atom is -0.494 e. The van der Waals surface area contributed by atoms with Crippen molar-refractivity contribution in [3.05, 3.63) is 102 Å². The minimum atomic E-state index is -5.72. The molecule has 0 aliphatic carbocycles. The normalized spacial score (nSPS) is 12.3. The number of hydrogen-bond donors (Lipinski definition) is 4. The molecule has 0 fully saturated rings. The van der Waals surface area contributed by atoms with Crippen LogP contribution in [-0.2, 0) is 32.8 Å². The molecule has 0 aromatic heterocycles. The van der Waals surface area contributed by atoms with E-state index in [0.717, 1.165) is 23.4 Å². The van der Waals surface area contributed by atoms with Crippen LogP contribution in [0.3, 0.4) is 0 Å². The van der Waals surface area contributed by atoms with Gasteiger partial charge in [-0.3, -0.25) is 9.36 Å². The van der Waals surface area contributed by atoms with E-state index in [-0.39, 0.29) is 13.0 Å². The average molecular weight is 577 g/mol. The highest BCUT2D eigenvalue weighted by Crippen LogP contribution is 2.59. The van der Waals surface area contributed by atoms with Gasteiger partial charge in [0, 0.05) is 18.5 Å². The molecule has 0 bridgehead atoms. The zero-order chi connectivity index (χ0) is 29.0. The quantitative estimate of drug-likeness (QED) is 0.161. The second-order valence-electron chi connectivity index (χ2n) is 8.90. The highest BCUT2D eigenvalue weighted by atomic mass is 31.2. The first-order valence-corrected chi connectivity index (χ1v) is 14.1. The lowest BCUT2D eigenvalue weighted by atomic mass is 10.0. The van der Waals surface area contributed by atoms with Crippen molar-refractivity contribution in [2.24, 2.45) is 0 Å². The maximum absolute atomic E-state index is 14.0. The Morgan fingerprint density at radius 2 is 1.50 bits per heavy atom. The largest absolute Gasteiger partial charge is 0.494 e. The van der Waals surface area contributed by atoms with Crippen LogP contribution in [0, 0.1) is 0 Å². The summed E-state index contributed by atoms with van der Waals surface area (Å²) < 4.78 is 50.0. The molecular formula is C28H31F2N2O7P. The standard InChI is InChI=1S/C28H31F2N2O7P/c29-28(30,40(35,36)37)23-15-13-21(14-16-23)19-25(32-27(34)39-20-22-9-3-1-4-10-22)26(33)31-17-7-8-18-38-24-11-5-2-6-12-24/h1-6,9-16,25H,7-8,17-20H2,(H,31,33)(H,32,34)(H2,35,36,37)/t25-/m0/s1. The van der Waals surface area contributed by atoms with E-state index in [1.807, 2.05) is 36.4 Å². The second kappa shape index (κ2) is 14.6. The van der Waals surface area contributed by atoms with Gasteiger partial charge >= 0.3 is 19.4 Å². The number of amides is 2. The Hall–Kier alpha value is -3.79. The van der Waals surface area contributed by atoms with Gasteiger partial charge in [-0.2, -0.15) is 8.78 Å². The number of alkyl halides is 2. The van der Waals surface area contributed by atoms with E-state index < -0.39 is 36.9 Å². The fourth-order valence-electron chi connectivity index (χ4n) is 3.63. The summed E-state index contributed by atoms with van der Waals surface area (Å²) in [6.07, 6.45) is 0.354. The van der Waals surface area contributed by atoms with Crippen molar-refractivity contribution >= 4 is 19.6 Å². The lowest BCUT2D eigenvalue weighted by molar-refractivity contribution is -0.123. The zero-order valence-corrected chi connectivity index (χ0v) is 22.4. The molecule has 3 aromatic rings. The maximum atomic E-state index is 14.0. The SMILES string of the molecule is O=C(N[C@@H](Cc1ccc(C(F)(F)P(=O)(O)O)cc1)C(=O)NCCCCOc1ccccc1)OCc1ccccc1. The molecule has 0 aliphatic heterocycles. The van der Waals surface area contributed by atoms with Crippen molar-refractivity contribution in [2.75, 3.05) is 13.2 Å². The molecule has 3 aromatic carbocycles. The maximum Gasteiger partial charge on any atom is 0.408 e. The van der Waals surface area contributed by atoms with Crippen LogP contribution in [0.15, 0.2) is 84.9 Å². The molecule has 1 atom stereocenters. The third-order valence-electron chi connectivity index (χ3n) is 5.81. The van der Waals surface area contributed by atoms with Crippen LogP contribution in [-0.4, -0.2) is 41.0 Å². The summed E-state index contributed by atoms with van der Waals surface area (Å²) in [5, 5.41) is 5.26. The number of ether oxygens (including phenoxy) is 2. The summed E-state index contributed by atoms with van der Waals surface area (Å²) in [6.45, 7) is 0.745. The monoisotopic (exact) mass is 576 g/mol. The van der Waals surface area contributed by atoms with Gasteiger partial charge in [0.1, 0.15) is 18.4 Å². The highest BCUT2D eigenvalue weighted by Gasteiger charge is 2.50. The topological polar surface area (TPSA) is 134 Å². The van der Waals surface area contributed by atoms with E-state index in [1.54, 1.807) is 24.3 Å². The lowest BCUT2D eigenvalue weighted by Gasteiger charge is -2.20. The van der Waals surface area contributed by atoms with Crippen molar-refractivity contribution in [3.63, 3.8) is 0 Å². The number of nitrogens with one attached hydrogen (secondary N) is 2. The van der Waals surface area contributed by atoms with Crippen LogP contribution in [0.4, 0.5) is 13.6 Å². The van der Waals surface area contributed by atoms with E-state index in [9.17, 15) is 22.9 Å². The van der Waals surface area contributed by atoms with Crippen LogP contribution in [0.2, 0.25) is 0 Å². The predicted molar refractivity (Wildman–Crippen MR) is 144 cm³/mol. The highest BCUT2D eigenvalue weighted by molar-refractivity contribution is 7.52. The van der Waals surface area contributed by atoms with Gasteiger partial charge in [-0.1, -0.05) is 72.8 Å². The Labute approximate surface area is 230 Å². The summed E-state index contributed by atoms with van der Waals surface area (Å²) in [4.78, 5) is 43.3. The number of unbranched alkanes of at least 4 members (excludes halogenated alkanes) is 1. The lowest BCUT2D eigenvalue weighted by Crippen LogP contribution is -2.48. The summed E-state index contributed by atoms with van der Waals surface area (Å²) in [6, 6.07) is 21.3. The second-order valence-corrected chi connectivity index (χ2v) is 10.6. The molecule has 40 heavy (non-hydrogen) atoms. The van der Waals surface area contributed by atoms with Crippen LogP contribution in [0.25, 0.3) is 0 Å². The van der Waals surface area contributed by atoms with Crippen LogP contribution >= 0.6 is 7.60 Å². The first-order valence-electron chi connectivity index (χ1n) is 12.5. The molecule has 9 nitrogen and oxygen atoms in total. The van der Waals surface area contributed by atoms with Gasteiger partial charge in [0.15, 0.2) is 0 Å². The summed E-state index contributed by atoms with van der Waals surface area (Å²) in [5.41, 5.74) is -4.09. The fraction of sp³-hybridized carbons (Fsp3) is 0.286. The molecule has 0 radical (unpaired) electrons. The smallest absolute Gasteiger partial charge is 0.408 e. The number of rotatable bonds is 14. The molecule has 0 heterocycles. The number of benzene rings is 3. The molecule has 12 heteroatoms. The minimum absolute atomic E-state index is 0.0193. The van der Waals surface area contributed by atoms with Crippen molar-refractivity contribution in [3.8, 4) is 5.75 Å². The summed E-state index contributed by atoms with van der Waals surface area (Å²) >= 11 is 0. The van der Waals surface area contributed by atoms with E-state index in [4.69, 9.17) is 19.3 Å². The average Bonchev–Trinajstić information content (AvgIpc) is 2.94. The first kappa shape index (κ1) is 30.7. The van der Waals surface area contributed by atoms with Gasteiger partial charge in [0.25, 0.3) is 0 Å². The predicted octanol–water partition coefficient (Wildman–Crippen LogP) is 4.73. The zero-order valence-electron chi connectivity index (χ0n) is 21.5. The molecule has 0 saturated carbocycles. The molecule has 4 N–H and O–H groups in total. The van der Waals surface area contributed by atoms with E-state index in [1.165, 1.54) is 12.1 Å². The van der Waals surface area contributed by atoms with Gasteiger partial charge in [0.05, 0.1) is 6.61 Å². The molecule has 214 valence electrons. The molecule has 3 rings (SSSR count). The van der Waals surface area contributed by atoms with Crippen molar-refractivity contribution < 1.29 is 42.2 Å². The Morgan fingerprint density at radius 1 is 0.875 bits per heavy atom. The van der Waals surface area contributed by atoms with Gasteiger partial charge < -0.3 is 29.9 Å². The van der Waals surface area contributed by atoms with Crippen molar-refractivity contribution in [2.45, 2.75) is 37.6 Å². The molecule has 0 aliphatic rings. The van der Waals surface area contributed by atoms with Crippen LogP contribution in [0.1, 0.15) is 29.5 Å². The van der Waals surface area contributed by atoms with Gasteiger partial charge in [-0.25, -0.2) is 4.79 Å². The Morgan fingerprint density at radius 3 is 2.12 bits per heavy atom. The van der Waals surface area contributed by atoms with Crippen molar-refractivity contribution in [1.82, 2.24) is 10.6 Å². The summed E-state index contributed by atoms with van der Waals surface area (Å²) in [7, 11) is -5.72. The number of alkyl carbamates (subject to hydrolysis) is 1. The van der Waals surface area contributed by atoms with Gasteiger partial charge in [-0.05, 0) is 36.1 Å². The number of hydrogen-bond acceptors (Lipinski definition) is 5. The fourth-order valence-corrected chi connectivity index (χ4v) is 4.12. The van der Waals surface area contributed by atoms with Gasteiger partial charge in [0.2, 0.25) is 5.91 Å². The van der Waals surface area contributed by atoms with Crippen LogP contribution in [0.5, 0.6) is 5.75 Å². The van der Waals surface area contributed by atoms with Crippen molar-refractivity contribution in [1.29, 1.82) is 0 Å². The number of carbonyl (C=O) groups excluding carboxylic acids is 2. The van der Waals surface area contributed by atoms with E-state index in [0.29, 0.717) is 31.6 Å². The van der Waals surface area contributed by atoms with E-state index >= 15 is 0 Å². The van der Waals surface area contributed by atoms with Gasteiger partial charge in [-0.15, -0.1) is 0 Å². The molecule has 0 unspecified atom stereocenters.